The Morgan fingerprint density at radius 1 is 1.04 bits per heavy atom. The van der Waals surface area contributed by atoms with Crippen molar-refractivity contribution in [1.29, 1.82) is 0 Å². The molecule has 1 amide bonds. The van der Waals surface area contributed by atoms with E-state index in [-0.39, 0.29) is 11.7 Å². The normalized spacial score (nSPS) is 10.5. The van der Waals surface area contributed by atoms with Crippen molar-refractivity contribution in [1.82, 2.24) is 5.32 Å². The maximum atomic E-state index is 13.0. The van der Waals surface area contributed by atoms with Crippen LogP contribution in [0.2, 0.25) is 5.02 Å². The Morgan fingerprint density at radius 2 is 1.78 bits per heavy atom. The minimum atomic E-state index is -0.275. The fourth-order valence-electron chi connectivity index (χ4n) is 2.13. The van der Waals surface area contributed by atoms with E-state index in [1.807, 2.05) is 24.3 Å². The summed E-state index contributed by atoms with van der Waals surface area (Å²) in [5, 5.41) is 3.49. The molecule has 0 fully saturated rings. The number of thiophene rings is 1. The highest BCUT2D eigenvalue weighted by Gasteiger charge is 2.11. The molecule has 0 radical (unpaired) electrons. The number of carbonyl (C=O) groups excluding carboxylic acids is 1. The van der Waals surface area contributed by atoms with Crippen LogP contribution in [0.15, 0.2) is 60.7 Å². The van der Waals surface area contributed by atoms with Gasteiger partial charge in [0.05, 0.1) is 4.88 Å². The van der Waals surface area contributed by atoms with Gasteiger partial charge in [-0.3, -0.25) is 4.79 Å². The van der Waals surface area contributed by atoms with E-state index < -0.39 is 0 Å². The minimum absolute atomic E-state index is 0.150. The molecule has 3 rings (SSSR count). The molecule has 0 aliphatic rings. The van der Waals surface area contributed by atoms with Crippen LogP contribution in [0.4, 0.5) is 4.39 Å². The van der Waals surface area contributed by atoms with E-state index in [9.17, 15) is 9.18 Å². The van der Waals surface area contributed by atoms with E-state index in [1.54, 1.807) is 24.3 Å². The summed E-state index contributed by atoms with van der Waals surface area (Å²) in [4.78, 5) is 13.8. The second-order valence-corrected chi connectivity index (χ2v) is 6.44. The topological polar surface area (TPSA) is 29.1 Å². The van der Waals surface area contributed by atoms with Gasteiger partial charge in [0, 0.05) is 16.4 Å². The maximum absolute atomic E-state index is 13.0. The average Bonchev–Trinajstić information content (AvgIpc) is 3.04. The van der Waals surface area contributed by atoms with Crippen molar-refractivity contribution in [3.8, 4) is 10.4 Å². The fourth-order valence-corrected chi connectivity index (χ4v) is 3.26. The van der Waals surface area contributed by atoms with Crippen LogP contribution in [0, 0.1) is 5.82 Å². The van der Waals surface area contributed by atoms with E-state index in [1.165, 1.54) is 23.5 Å². The van der Waals surface area contributed by atoms with Crippen LogP contribution in [-0.2, 0) is 6.54 Å². The van der Waals surface area contributed by atoms with Crippen molar-refractivity contribution in [2.45, 2.75) is 6.54 Å². The molecule has 0 saturated carbocycles. The molecule has 1 heterocycles. The van der Waals surface area contributed by atoms with Crippen molar-refractivity contribution in [3.05, 3.63) is 81.9 Å². The summed E-state index contributed by atoms with van der Waals surface area (Å²) in [7, 11) is 0. The molecule has 2 aromatic carbocycles. The second-order valence-electron chi connectivity index (χ2n) is 4.94. The summed E-state index contributed by atoms with van der Waals surface area (Å²) in [6.45, 7) is 0.377. The van der Waals surface area contributed by atoms with Gasteiger partial charge in [-0.2, -0.15) is 0 Å². The lowest BCUT2D eigenvalue weighted by Gasteiger charge is -2.05. The molecule has 0 unspecified atom stereocenters. The Hall–Kier alpha value is -2.17. The van der Waals surface area contributed by atoms with Gasteiger partial charge in [0.1, 0.15) is 5.82 Å². The van der Waals surface area contributed by atoms with Gasteiger partial charge >= 0.3 is 0 Å². The van der Waals surface area contributed by atoms with Crippen molar-refractivity contribution in [2.75, 3.05) is 0 Å². The molecule has 0 spiro atoms. The van der Waals surface area contributed by atoms with Gasteiger partial charge in [0.2, 0.25) is 0 Å². The summed E-state index contributed by atoms with van der Waals surface area (Å²) in [6, 6.07) is 17.3. The first kappa shape index (κ1) is 15.7. The third kappa shape index (κ3) is 3.78. The van der Waals surface area contributed by atoms with Crippen LogP contribution < -0.4 is 5.32 Å². The number of hydrogen-bond acceptors (Lipinski definition) is 2. The Kier molecular flexibility index (Phi) is 4.74. The van der Waals surface area contributed by atoms with E-state index in [0.717, 1.165) is 16.0 Å². The van der Waals surface area contributed by atoms with E-state index >= 15 is 0 Å². The lowest BCUT2D eigenvalue weighted by molar-refractivity contribution is 0.0955. The van der Waals surface area contributed by atoms with Crippen molar-refractivity contribution < 1.29 is 9.18 Å². The van der Waals surface area contributed by atoms with Crippen LogP contribution in [0.5, 0.6) is 0 Å². The lowest BCUT2D eigenvalue weighted by atomic mass is 10.2. The highest BCUT2D eigenvalue weighted by atomic mass is 35.5. The molecule has 0 saturated heterocycles. The summed E-state index contributed by atoms with van der Waals surface area (Å²) in [5.74, 6) is -0.425. The van der Waals surface area contributed by atoms with Gasteiger partial charge in [0.15, 0.2) is 0 Å². The van der Waals surface area contributed by atoms with Crippen LogP contribution in [0.25, 0.3) is 10.4 Å². The van der Waals surface area contributed by atoms with Gasteiger partial charge in [-0.15, -0.1) is 11.3 Å². The quantitative estimate of drug-likeness (QED) is 0.697. The minimum Gasteiger partial charge on any atom is -0.347 e. The third-order valence-electron chi connectivity index (χ3n) is 3.36. The van der Waals surface area contributed by atoms with Crippen LogP contribution in [0.1, 0.15) is 15.2 Å². The van der Waals surface area contributed by atoms with E-state index in [2.05, 4.69) is 5.32 Å². The standard InChI is InChI=1S/C18H13ClFNOS/c19-15-4-2-1-3-13(15)11-21-18(22)17-10-9-16(23-17)12-5-7-14(20)8-6-12/h1-10H,11H2,(H,21,22). The van der Waals surface area contributed by atoms with Gasteiger partial charge in [-0.05, 0) is 41.5 Å². The zero-order valence-corrected chi connectivity index (χ0v) is 13.6. The smallest absolute Gasteiger partial charge is 0.261 e. The fraction of sp³-hybridized carbons (Fsp3) is 0.0556. The molecular weight excluding hydrogens is 333 g/mol. The molecule has 2 nitrogen and oxygen atoms in total. The lowest BCUT2D eigenvalue weighted by Crippen LogP contribution is -2.21. The van der Waals surface area contributed by atoms with Crippen LogP contribution in [-0.4, -0.2) is 5.91 Å². The second kappa shape index (κ2) is 6.94. The summed E-state index contributed by atoms with van der Waals surface area (Å²) >= 11 is 7.44. The Labute approximate surface area is 142 Å². The summed E-state index contributed by atoms with van der Waals surface area (Å²) in [6.07, 6.45) is 0. The molecule has 5 heteroatoms. The Bertz CT molecular complexity index is 829. The van der Waals surface area contributed by atoms with Crippen LogP contribution >= 0.6 is 22.9 Å². The van der Waals surface area contributed by atoms with Crippen molar-refractivity contribution in [3.63, 3.8) is 0 Å². The van der Waals surface area contributed by atoms with Crippen molar-refractivity contribution >= 4 is 28.8 Å². The zero-order chi connectivity index (χ0) is 16.2. The summed E-state index contributed by atoms with van der Waals surface area (Å²) < 4.78 is 13.0. The molecule has 0 atom stereocenters. The first-order valence-electron chi connectivity index (χ1n) is 7.01. The van der Waals surface area contributed by atoms with E-state index in [4.69, 9.17) is 11.6 Å². The molecule has 0 bridgehead atoms. The molecule has 1 aromatic heterocycles. The first-order valence-corrected chi connectivity index (χ1v) is 8.20. The largest absolute Gasteiger partial charge is 0.347 e. The molecule has 1 N–H and O–H groups in total. The number of benzene rings is 2. The predicted octanol–water partition coefficient (Wildman–Crippen LogP) is 5.14. The monoisotopic (exact) mass is 345 g/mol. The van der Waals surface area contributed by atoms with Gasteiger partial charge < -0.3 is 5.32 Å². The third-order valence-corrected chi connectivity index (χ3v) is 4.86. The number of halogens is 2. The highest BCUT2D eigenvalue weighted by Crippen LogP contribution is 2.28. The molecule has 0 aliphatic heterocycles. The number of nitrogens with one attached hydrogen (secondary N) is 1. The van der Waals surface area contributed by atoms with Gasteiger partial charge in [0.25, 0.3) is 5.91 Å². The van der Waals surface area contributed by atoms with Gasteiger partial charge in [-0.1, -0.05) is 41.9 Å². The highest BCUT2D eigenvalue weighted by molar-refractivity contribution is 7.17. The molecular formula is C18H13ClFNOS. The Morgan fingerprint density at radius 3 is 2.52 bits per heavy atom. The predicted molar refractivity (Wildman–Crippen MR) is 92.3 cm³/mol. The Balaban J connectivity index is 1.69. The molecule has 116 valence electrons. The first-order chi connectivity index (χ1) is 11.1. The number of carbonyl (C=O) groups is 1. The van der Waals surface area contributed by atoms with Crippen LogP contribution in [0.3, 0.4) is 0 Å². The molecule has 0 aliphatic carbocycles. The van der Waals surface area contributed by atoms with Crippen molar-refractivity contribution in [2.24, 2.45) is 0 Å². The summed E-state index contributed by atoms with van der Waals surface area (Å²) in [5.41, 5.74) is 1.76. The number of hydrogen-bond donors (Lipinski definition) is 1. The van der Waals surface area contributed by atoms with Gasteiger partial charge in [-0.25, -0.2) is 4.39 Å². The number of amides is 1. The number of rotatable bonds is 4. The molecule has 3 aromatic rings. The molecule has 23 heavy (non-hydrogen) atoms. The average molecular weight is 346 g/mol. The zero-order valence-electron chi connectivity index (χ0n) is 12.1. The van der Waals surface area contributed by atoms with E-state index in [0.29, 0.717) is 16.4 Å². The SMILES string of the molecule is O=C(NCc1ccccc1Cl)c1ccc(-c2ccc(F)cc2)s1. The maximum Gasteiger partial charge on any atom is 0.261 e.